The summed E-state index contributed by atoms with van der Waals surface area (Å²) in [6, 6.07) is 0. The van der Waals surface area contributed by atoms with E-state index in [2.05, 4.69) is 25.7 Å². The maximum Gasteiger partial charge on any atom is 0.0834 e. The molecule has 2 aliphatic heterocycles. The molecule has 0 amide bonds. The minimum atomic E-state index is 0.355. The van der Waals surface area contributed by atoms with E-state index in [4.69, 9.17) is 9.47 Å². The Labute approximate surface area is 118 Å². The van der Waals surface area contributed by atoms with E-state index < -0.39 is 0 Å². The Morgan fingerprint density at radius 3 is 2.79 bits per heavy atom. The van der Waals surface area contributed by atoms with Crippen LogP contribution in [0.3, 0.4) is 0 Å². The molecule has 0 aromatic rings. The molecule has 0 aromatic heterocycles. The highest BCUT2D eigenvalue weighted by atomic mass is 16.5. The Morgan fingerprint density at radius 1 is 1.26 bits per heavy atom. The zero-order valence-electron chi connectivity index (χ0n) is 12.9. The van der Waals surface area contributed by atoms with Crippen LogP contribution in [0.25, 0.3) is 0 Å². The van der Waals surface area contributed by atoms with Crippen LogP contribution in [-0.2, 0) is 9.47 Å². The number of likely N-dealkylation sites (tertiary alicyclic amines) is 1. The van der Waals surface area contributed by atoms with Gasteiger partial charge in [-0.3, -0.25) is 0 Å². The summed E-state index contributed by atoms with van der Waals surface area (Å²) in [4.78, 5) is 2.63. The molecule has 0 saturated carbocycles. The summed E-state index contributed by atoms with van der Waals surface area (Å²) in [5.74, 6) is 1.66. The fourth-order valence-electron chi connectivity index (χ4n) is 3.22. The van der Waals surface area contributed by atoms with E-state index in [0.717, 1.165) is 31.5 Å². The van der Waals surface area contributed by atoms with Gasteiger partial charge in [0.25, 0.3) is 0 Å². The van der Waals surface area contributed by atoms with E-state index >= 15 is 0 Å². The van der Waals surface area contributed by atoms with Crippen molar-refractivity contribution in [2.75, 3.05) is 32.8 Å². The summed E-state index contributed by atoms with van der Waals surface area (Å²) >= 11 is 0. The Balaban J connectivity index is 1.60. The number of rotatable bonds is 7. The lowest BCUT2D eigenvalue weighted by atomic mass is 10.0. The third-order valence-electron chi connectivity index (χ3n) is 4.37. The lowest BCUT2D eigenvalue weighted by Gasteiger charge is -2.21. The first-order valence-electron chi connectivity index (χ1n) is 8.09. The van der Waals surface area contributed by atoms with Crippen LogP contribution in [0.2, 0.25) is 0 Å². The van der Waals surface area contributed by atoms with Gasteiger partial charge in [0.2, 0.25) is 0 Å². The van der Waals surface area contributed by atoms with Crippen LogP contribution >= 0.6 is 0 Å². The van der Waals surface area contributed by atoms with E-state index in [-0.39, 0.29) is 0 Å². The minimum Gasteiger partial charge on any atom is -0.379 e. The molecule has 112 valence electrons. The predicted molar refractivity (Wildman–Crippen MR) is 78.4 cm³/mol. The Morgan fingerprint density at radius 2 is 2.11 bits per heavy atom. The van der Waals surface area contributed by atoms with Gasteiger partial charge in [0, 0.05) is 13.2 Å². The summed E-state index contributed by atoms with van der Waals surface area (Å²) in [7, 11) is 0. The van der Waals surface area contributed by atoms with Crippen molar-refractivity contribution in [1.82, 2.24) is 4.90 Å². The largest absolute Gasteiger partial charge is 0.379 e. The van der Waals surface area contributed by atoms with Crippen molar-refractivity contribution in [2.45, 2.75) is 58.7 Å². The topological polar surface area (TPSA) is 21.7 Å². The highest BCUT2D eigenvalue weighted by molar-refractivity contribution is 4.78. The third-order valence-corrected chi connectivity index (χ3v) is 4.37. The molecule has 19 heavy (non-hydrogen) atoms. The molecule has 0 aromatic carbocycles. The predicted octanol–water partition coefficient (Wildman–Crippen LogP) is 2.94. The smallest absolute Gasteiger partial charge is 0.0834 e. The molecule has 2 heterocycles. The molecule has 0 aliphatic carbocycles. The van der Waals surface area contributed by atoms with Gasteiger partial charge in [-0.2, -0.15) is 0 Å². The van der Waals surface area contributed by atoms with Crippen molar-refractivity contribution in [1.29, 1.82) is 0 Å². The third kappa shape index (κ3) is 5.41. The summed E-state index contributed by atoms with van der Waals surface area (Å²) in [5, 5.41) is 0. The summed E-state index contributed by atoms with van der Waals surface area (Å²) in [5.41, 5.74) is 0. The van der Waals surface area contributed by atoms with Crippen LogP contribution in [0, 0.1) is 11.8 Å². The van der Waals surface area contributed by atoms with Crippen molar-refractivity contribution < 1.29 is 9.47 Å². The van der Waals surface area contributed by atoms with Crippen molar-refractivity contribution >= 4 is 0 Å². The maximum absolute atomic E-state index is 6.06. The fraction of sp³-hybridized carbons (Fsp3) is 1.00. The second-order valence-corrected chi connectivity index (χ2v) is 6.81. The molecule has 0 bridgehead atoms. The van der Waals surface area contributed by atoms with Gasteiger partial charge in [-0.25, -0.2) is 0 Å². The average molecular weight is 269 g/mol. The Hall–Kier alpha value is -0.120. The molecule has 2 aliphatic rings. The second-order valence-electron chi connectivity index (χ2n) is 6.81. The van der Waals surface area contributed by atoms with Crippen LogP contribution < -0.4 is 0 Å². The highest BCUT2D eigenvalue weighted by Gasteiger charge is 2.26. The first-order valence-corrected chi connectivity index (χ1v) is 8.09. The SMILES string of the molecule is CC(C)CCN1CCC(CC(C)OC2CCOC2)C1. The molecule has 3 heteroatoms. The van der Waals surface area contributed by atoms with Gasteiger partial charge in [0.1, 0.15) is 0 Å². The van der Waals surface area contributed by atoms with Gasteiger partial charge in [-0.1, -0.05) is 13.8 Å². The van der Waals surface area contributed by atoms with Crippen LogP contribution in [0.4, 0.5) is 0 Å². The lowest BCUT2D eigenvalue weighted by molar-refractivity contribution is -0.0166. The van der Waals surface area contributed by atoms with E-state index in [1.54, 1.807) is 0 Å². The first kappa shape index (κ1) is 15.3. The Bertz CT molecular complexity index is 251. The van der Waals surface area contributed by atoms with Crippen molar-refractivity contribution in [3.05, 3.63) is 0 Å². The van der Waals surface area contributed by atoms with Crippen LogP contribution in [0.1, 0.15) is 46.5 Å². The Kier molecular flexibility index (Phi) is 6.11. The molecular weight excluding hydrogens is 238 g/mol. The fourth-order valence-corrected chi connectivity index (χ4v) is 3.22. The molecule has 3 atom stereocenters. The molecule has 0 spiro atoms. The van der Waals surface area contributed by atoms with E-state index in [1.165, 1.54) is 38.9 Å². The first-order chi connectivity index (χ1) is 9.13. The van der Waals surface area contributed by atoms with Gasteiger partial charge < -0.3 is 14.4 Å². The zero-order valence-corrected chi connectivity index (χ0v) is 12.9. The standard InChI is InChI=1S/C16H31NO2/c1-13(2)4-7-17-8-5-15(11-17)10-14(3)19-16-6-9-18-12-16/h13-16H,4-12H2,1-3H3. The number of hydrogen-bond acceptors (Lipinski definition) is 3. The molecule has 3 unspecified atom stereocenters. The summed E-state index contributed by atoms with van der Waals surface area (Å²) < 4.78 is 11.4. The van der Waals surface area contributed by atoms with E-state index in [1.807, 2.05) is 0 Å². The highest BCUT2D eigenvalue weighted by Crippen LogP contribution is 2.24. The van der Waals surface area contributed by atoms with Crippen LogP contribution in [-0.4, -0.2) is 50.0 Å². The van der Waals surface area contributed by atoms with Gasteiger partial charge in [-0.05, 0) is 57.5 Å². The van der Waals surface area contributed by atoms with Crippen LogP contribution in [0.5, 0.6) is 0 Å². The van der Waals surface area contributed by atoms with Crippen molar-refractivity contribution in [2.24, 2.45) is 11.8 Å². The molecule has 2 rings (SSSR count). The molecule has 2 fully saturated rings. The van der Waals surface area contributed by atoms with Gasteiger partial charge in [0.15, 0.2) is 0 Å². The number of hydrogen-bond donors (Lipinski definition) is 0. The van der Waals surface area contributed by atoms with Crippen LogP contribution in [0.15, 0.2) is 0 Å². The van der Waals surface area contributed by atoms with E-state index in [0.29, 0.717) is 12.2 Å². The quantitative estimate of drug-likeness (QED) is 0.709. The van der Waals surface area contributed by atoms with Gasteiger partial charge >= 0.3 is 0 Å². The second kappa shape index (κ2) is 7.61. The zero-order chi connectivity index (χ0) is 13.7. The molecular formula is C16H31NO2. The molecule has 0 radical (unpaired) electrons. The number of ether oxygens (including phenoxy) is 2. The lowest BCUT2D eigenvalue weighted by Crippen LogP contribution is -2.25. The van der Waals surface area contributed by atoms with E-state index in [9.17, 15) is 0 Å². The minimum absolute atomic E-state index is 0.355. The number of nitrogens with zero attached hydrogens (tertiary/aromatic N) is 1. The van der Waals surface area contributed by atoms with Gasteiger partial charge in [0.05, 0.1) is 18.8 Å². The molecule has 3 nitrogen and oxygen atoms in total. The van der Waals surface area contributed by atoms with Gasteiger partial charge in [-0.15, -0.1) is 0 Å². The van der Waals surface area contributed by atoms with Crippen molar-refractivity contribution in [3.63, 3.8) is 0 Å². The summed E-state index contributed by atoms with van der Waals surface area (Å²) in [6.07, 6.45) is 5.73. The summed E-state index contributed by atoms with van der Waals surface area (Å²) in [6.45, 7) is 12.4. The van der Waals surface area contributed by atoms with Crippen molar-refractivity contribution in [3.8, 4) is 0 Å². The molecule has 2 saturated heterocycles. The monoisotopic (exact) mass is 269 g/mol. The normalized spacial score (nSPS) is 30.3. The molecule has 0 N–H and O–H groups in total. The average Bonchev–Trinajstić information content (AvgIpc) is 2.98. The maximum atomic E-state index is 6.06.